The molecule has 1 heterocycles. The van der Waals surface area contributed by atoms with Gasteiger partial charge in [-0.2, -0.15) is 0 Å². The molecule has 1 aliphatic heterocycles. The highest BCUT2D eigenvalue weighted by Gasteiger charge is 2.26. The number of hydrogen-bond donors (Lipinski definition) is 3. The molecule has 0 aromatic heterocycles. The van der Waals surface area contributed by atoms with Crippen LogP contribution in [0.3, 0.4) is 0 Å². The summed E-state index contributed by atoms with van der Waals surface area (Å²) >= 11 is 0. The molecule has 2 atom stereocenters. The SMILES string of the molecule is CCCNC(=O)CNC(=NC)NC1CCN(Cc2ccccc2)C(C)C1. The van der Waals surface area contributed by atoms with E-state index in [0.717, 1.165) is 32.4 Å². The molecule has 6 nitrogen and oxygen atoms in total. The van der Waals surface area contributed by atoms with Crippen LogP contribution in [0.25, 0.3) is 0 Å². The monoisotopic (exact) mass is 359 g/mol. The van der Waals surface area contributed by atoms with Gasteiger partial charge in [0.15, 0.2) is 5.96 Å². The lowest BCUT2D eigenvalue weighted by Crippen LogP contribution is -2.52. The van der Waals surface area contributed by atoms with E-state index in [1.807, 2.05) is 6.92 Å². The minimum Gasteiger partial charge on any atom is -0.355 e. The maximum atomic E-state index is 11.7. The normalized spacial score (nSPS) is 21.3. The van der Waals surface area contributed by atoms with Gasteiger partial charge < -0.3 is 16.0 Å². The molecule has 1 aromatic rings. The number of hydrogen-bond acceptors (Lipinski definition) is 3. The van der Waals surface area contributed by atoms with Gasteiger partial charge in [0.05, 0.1) is 6.54 Å². The highest BCUT2D eigenvalue weighted by atomic mass is 16.1. The third kappa shape index (κ3) is 6.67. The van der Waals surface area contributed by atoms with Gasteiger partial charge in [-0.15, -0.1) is 0 Å². The van der Waals surface area contributed by atoms with Gasteiger partial charge in [-0.25, -0.2) is 0 Å². The number of rotatable bonds is 7. The van der Waals surface area contributed by atoms with E-state index in [0.29, 0.717) is 24.6 Å². The molecule has 0 saturated carbocycles. The van der Waals surface area contributed by atoms with Crippen LogP contribution in [0.15, 0.2) is 35.3 Å². The fourth-order valence-electron chi connectivity index (χ4n) is 3.28. The van der Waals surface area contributed by atoms with Crippen molar-refractivity contribution in [3.05, 3.63) is 35.9 Å². The second-order valence-corrected chi connectivity index (χ2v) is 6.95. The molecule has 26 heavy (non-hydrogen) atoms. The van der Waals surface area contributed by atoms with E-state index in [1.165, 1.54) is 5.56 Å². The number of amides is 1. The second-order valence-electron chi connectivity index (χ2n) is 6.95. The highest BCUT2D eigenvalue weighted by molar-refractivity contribution is 5.86. The van der Waals surface area contributed by atoms with E-state index in [-0.39, 0.29) is 12.5 Å². The van der Waals surface area contributed by atoms with E-state index in [2.05, 4.69) is 63.1 Å². The highest BCUT2D eigenvalue weighted by Crippen LogP contribution is 2.19. The lowest BCUT2D eigenvalue weighted by atomic mass is 9.97. The summed E-state index contributed by atoms with van der Waals surface area (Å²) in [5.41, 5.74) is 1.36. The number of likely N-dealkylation sites (tertiary alicyclic amines) is 1. The van der Waals surface area contributed by atoms with Gasteiger partial charge in [-0.3, -0.25) is 14.7 Å². The van der Waals surface area contributed by atoms with E-state index in [4.69, 9.17) is 0 Å². The van der Waals surface area contributed by atoms with Gasteiger partial charge in [-0.1, -0.05) is 37.3 Å². The third-order valence-electron chi connectivity index (χ3n) is 4.80. The van der Waals surface area contributed by atoms with Crippen LogP contribution in [0, 0.1) is 0 Å². The van der Waals surface area contributed by atoms with Crippen LogP contribution in [-0.2, 0) is 11.3 Å². The van der Waals surface area contributed by atoms with E-state index >= 15 is 0 Å². The van der Waals surface area contributed by atoms with Crippen LogP contribution in [0.2, 0.25) is 0 Å². The van der Waals surface area contributed by atoms with Gasteiger partial charge in [0.2, 0.25) is 5.91 Å². The first-order chi connectivity index (χ1) is 12.6. The molecule has 1 aromatic carbocycles. The zero-order valence-corrected chi connectivity index (χ0v) is 16.3. The smallest absolute Gasteiger partial charge is 0.239 e. The number of piperidine rings is 1. The minimum atomic E-state index is 0.000786. The Kier molecular flexibility index (Phi) is 8.41. The lowest BCUT2D eigenvalue weighted by Gasteiger charge is -2.38. The molecule has 1 saturated heterocycles. The number of nitrogens with one attached hydrogen (secondary N) is 3. The van der Waals surface area contributed by atoms with E-state index in [1.54, 1.807) is 7.05 Å². The summed E-state index contributed by atoms with van der Waals surface area (Å²) in [6.07, 6.45) is 3.08. The van der Waals surface area contributed by atoms with Crippen molar-refractivity contribution in [2.24, 2.45) is 4.99 Å². The Labute approximate surface area is 157 Å². The van der Waals surface area contributed by atoms with Crippen molar-refractivity contribution in [2.45, 2.75) is 51.7 Å². The molecule has 144 valence electrons. The van der Waals surface area contributed by atoms with Crippen molar-refractivity contribution >= 4 is 11.9 Å². The summed E-state index contributed by atoms with van der Waals surface area (Å²) in [6, 6.07) is 11.5. The Morgan fingerprint density at radius 2 is 2.04 bits per heavy atom. The molecule has 0 aliphatic carbocycles. The summed E-state index contributed by atoms with van der Waals surface area (Å²) < 4.78 is 0. The predicted octanol–water partition coefficient (Wildman–Crippen LogP) is 1.73. The Hall–Kier alpha value is -2.08. The van der Waals surface area contributed by atoms with Crippen molar-refractivity contribution in [2.75, 3.05) is 26.7 Å². The number of guanidine groups is 1. The molecular weight excluding hydrogens is 326 g/mol. The molecule has 2 rings (SSSR count). The second kappa shape index (κ2) is 10.8. The molecular formula is C20H33N5O. The molecule has 3 N–H and O–H groups in total. The summed E-state index contributed by atoms with van der Waals surface area (Å²) in [6.45, 7) is 7.34. The van der Waals surface area contributed by atoms with Crippen molar-refractivity contribution < 1.29 is 4.79 Å². The first kappa shape index (κ1) is 20.2. The van der Waals surface area contributed by atoms with Gasteiger partial charge in [0, 0.05) is 38.8 Å². The molecule has 0 radical (unpaired) electrons. The van der Waals surface area contributed by atoms with Gasteiger partial charge in [0.1, 0.15) is 0 Å². The standard InChI is InChI=1S/C20H33N5O/c1-4-11-22-19(26)14-23-20(21-3)24-18-10-12-25(16(2)13-18)15-17-8-6-5-7-9-17/h5-9,16,18H,4,10-15H2,1-3H3,(H,22,26)(H2,21,23,24). The summed E-state index contributed by atoms with van der Waals surface area (Å²) in [5.74, 6) is 0.700. The maximum Gasteiger partial charge on any atom is 0.239 e. The number of carbonyl (C=O) groups is 1. The molecule has 1 aliphatic rings. The van der Waals surface area contributed by atoms with Crippen LogP contribution < -0.4 is 16.0 Å². The topological polar surface area (TPSA) is 68.8 Å². The van der Waals surface area contributed by atoms with Gasteiger partial charge in [0.25, 0.3) is 0 Å². The zero-order valence-electron chi connectivity index (χ0n) is 16.3. The van der Waals surface area contributed by atoms with Crippen molar-refractivity contribution in [3.63, 3.8) is 0 Å². The fourth-order valence-corrected chi connectivity index (χ4v) is 3.28. The predicted molar refractivity (Wildman–Crippen MR) is 107 cm³/mol. The fraction of sp³-hybridized carbons (Fsp3) is 0.600. The summed E-state index contributed by atoms with van der Waals surface area (Å²) in [4.78, 5) is 18.5. The maximum absolute atomic E-state index is 11.7. The lowest BCUT2D eigenvalue weighted by molar-refractivity contribution is -0.120. The number of benzene rings is 1. The van der Waals surface area contributed by atoms with Crippen LogP contribution in [0.5, 0.6) is 0 Å². The van der Waals surface area contributed by atoms with Crippen LogP contribution in [0.4, 0.5) is 0 Å². The molecule has 1 amide bonds. The van der Waals surface area contributed by atoms with Crippen molar-refractivity contribution in [1.82, 2.24) is 20.9 Å². The summed E-state index contributed by atoms with van der Waals surface area (Å²) in [5, 5.41) is 9.43. The third-order valence-corrected chi connectivity index (χ3v) is 4.80. The Balaban J connectivity index is 1.75. The quantitative estimate of drug-likeness (QED) is 0.512. The van der Waals surface area contributed by atoms with Gasteiger partial charge in [-0.05, 0) is 31.7 Å². The molecule has 0 spiro atoms. The summed E-state index contributed by atoms with van der Waals surface area (Å²) in [7, 11) is 1.74. The van der Waals surface area contributed by atoms with Crippen LogP contribution >= 0.6 is 0 Å². The van der Waals surface area contributed by atoms with Gasteiger partial charge >= 0.3 is 0 Å². The Morgan fingerprint density at radius 3 is 2.69 bits per heavy atom. The number of nitrogens with zero attached hydrogens (tertiary/aromatic N) is 2. The average molecular weight is 360 g/mol. The van der Waals surface area contributed by atoms with E-state index in [9.17, 15) is 4.79 Å². The Morgan fingerprint density at radius 1 is 1.27 bits per heavy atom. The molecule has 0 bridgehead atoms. The number of carbonyl (C=O) groups excluding carboxylic acids is 1. The van der Waals surface area contributed by atoms with Crippen molar-refractivity contribution in [3.8, 4) is 0 Å². The van der Waals surface area contributed by atoms with Crippen LogP contribution in [0.1, 0.15) is 38.7 Å². The minimum absolute atomic E-state index is 0.000786. The first-order valence-electron chi connectivity index (χ1n) is 9.64. The zero-order chi connectivity index (χ0) is 18.8. The number of aliphatic imine (C=N–C) groups is 1. The van der Waals surface area contributed by atoms with Crippen LogP contribution in [-0.4, -0.2) is 55.5 Å². The largest absolute Gasteiger partial charge is 0.355 e. The molecule has 6 heteroatoms. The van der Waals surface area contributed by atoms with Crippen molar-refractivity contribution in [1.29, 1.82) is 0 Å². The average Bonchev–Trinajstić information content (AvgIpc) is 2.66. The molecule has 2 unspecified atom stereocenters. The first-order valence-corrected chi connectivity index (χ1v) is 9.64. The van der Waals surface area contributed by atoms with E-state index < -0.39 is 0 Å². The Bertz CT molecular complexity index is 575. The molecule has 1 fully saturated rings.